The molecular formula is C26H26N2O3. The van der Waals surface area contributed by atoms with Gasteiger partial charge in [0, 0.05) is 12.6 Å². The third kappa shape index (κ3) is 4.77. The van der Waals surface area contributed by atoms with Crippen molar-refractivity contribution in [2.75, 3.05) is 0 Å². The van der Waals surface area contributed by atoms with Crippen molar-refractivity contribution in [2.45, 2.75) is 32.2 Å². The molecule has 2 amide bonds. The Morgan fingerprint density at radius 3 is 2.06 bits per heavy atom. The van der Waals surface area contributed by atoms with Crippen molar-refractivity contribution in [3.05, 3.63) is 108 Å². The number of nitrogens with zero attached hydrogens (tertiary/aromatic N) is 1. The number of likely N-dealkylation sites (tertiary alicyclic amines) is 1. The zero-order valence-corrected chi connectivity index (χ0v) is 17.5. The highest BCUT2D eigenvalue weighted by atomic mass is 16.5. The first-order valence-electron chi connectivity index (χ1n) is 10.5. The number of hydrogen-bond acceptors (Lipinski definition) is 3. The number of benzene rings is 3. The van der Waals surface area contributed by atoms with Gasteiger partial charge in [0.25, 0.3) is 0 Å². The fourth-order valence-corrected chi connectivity index (χ4v) is 4.10. The molecule has 0 spiro atoms. The lowest BCUT2D eigenvalue weighted by Gasteiger charge is -2.50. The summed E-state index contributed by atoms with van der Waals surface area (Å²) >= 11 is 0. The van der Waals surface area contributed by atoms with Crippen LogP contribution in [0, 0.1) is 5.92 Å². The summed E-state index contributed by atoms with van der Waals surface area (Å²) in [6, 6.07) is 29.0. The van der Waals surface area contributed by atoms with E-state index in [9.17, 15) is 9.59 Å². The highest BCUT2D eigenvalue weighted by molar-refractivity contribution is 5.88. The van der Waals surface area contributed by atoms with Gasteiger partial charge in [-0.1, -0.05) is 91.0 Å². The van der Waals surface area contributed by atoms with E-state index >= 15 is 0 Å². The molecule has 0 saturated carbocycles. The van der Waals surface area contributed by atoms with Crippen molar-refractivity contribution in [3.8, 4) is 0 Å². The van der Waals surface area contributed by atoms with Crippen LogP contribution in [0.3, 0.4) is 0 Å². The number of hydrogen-bond donors (Lipinski definition) is 1. The molecule has 0 unspecified atom stereocenters. The van der Waals surface area contributed by atoms with Crippen LogP contribution < -0.4 is 5.32 Å². The van der Waals surface area contributed by atoms with E-state index in [0.717, 1.165) is 16.7 Å². The number of amides is 2. The van der Waals surface area contributed by atoms with Crippen molar-refractivity contribution in [1.82, 2.24) is 10.2 Å². The average molecular weight is 415 g/mol. The Kier molecular flexibility index (Phi) is 6.32. The van der Waals surface area contributed by atoms with Crippen LogP contribution in [-0.2, 0) is 22.7 Å². The van der Waals surface area contributed by atoms with E-state index < -0.39 is 6.09 Å². The average Bonchev–Trinajstić information content (AvgIpc) is 2.81. The van der Waals surface area contributed by atoms with Gasteiger partial charge in [-0.15, -0.1) is 0 Å². The Bertz CT molecular complexity index is 1010. The van der Waals surface area contributed by atoms with E-state index in [4.69, 9.17) is 4.74 Å². The third-order valence-electron chi connectivity index (χ3n) is 5.68. The van der Waals surface area contributed by atoms with Gasteiger partial charge in [0.2, 0.25) is 5.91 Å². The maximum Gasteiger partial charge on any atom is 0.407 e. The van der Waals surface area contributed by atoms with Crippen LogP contribution in [0.2, 0.25) is 0 Å². The van der Waals surface area contributed by atoms with Crippen molar-refractivity contribution >= 4 is 12.0 Å². The highest BCUT2D eigenvalue weighted by Crippen LogP contribution is 2.43. The minimum atomic E-state index is -0.516. The van der Waals surface area contributed by atoms with E-state index in [1.807, 2.05) is 103 Å². The predicted octanol–water partition coefficient (Wildman–Crippen LogP) is 4.70. The molecule has 1 N–H and O–H groups in total. The van der Waals surface area contributed by atoms with E-state index in [1.165, 1.54) is 0 Å². The summed E-state index contributed by atoms with van der Waals surface area (Å²) in [7, 11) is 0. The lowest BCUT2D eigenvalue weighted by Crippen LogP contribution is -2.61. The number of nitrogens with one attached hydrogen (secondary N) is 1. The van der Waals surface area contributed by atoms with E-state index in [2.05, 4.69) is 5.32 Å². The maximum absolute atomic E-state index is 13.1. The van der Waals surface area contributed by atoms with Crippen LogP contribution in [0.5, 0.6) is 0 Å². The van der Waals surface area contributed by atoms with Crippen LogP contribution in [0.4, 0.5) is 4.79 Å². The zero-order valence-electron chi connectivity index (χ0n) is 17.5. The number of ether oxygens (including phenoxy) is 1. The molecule has 3 aromatic carbocycles. The van der Waals surface area contributed by atoms with E-state index in [0.29, 0.717) is 6.54 Å². The van der Waals surface area contributed by atoms with Crippen molar-refractivity contribution in [1.29, 1.82) is 0 Å². The van der Waals surface area contributed by atoms with Gasteiger partial charge in [-0.05, 0) is 23.6 Å². The lowest BCUT2D eigenvalue weighted by atomic mass is 9.77. The van der Waals surface area contributed by atoms with Gasteiger partial charge in [0.15, 0.2) is 0 Å². The molecule has 0 bridgehead atoms. The fourth-order valence-electron chi connectivity index (χ4n) is 4.10. The largest absolute Gasteiger partial charge is 0.445 e. The lowest BCUT2D eigenvalue weighted by molar-refractivity contribution is -0.160. The number of β-lactam (4-membered cyclic amide) rings is 1. The quantitative estimate of drug-likeness (QED) is 0.570. The van der Waals surface area contributed by atoms with Gasteiger partial charge in [-0.25, -0.2) is 4.79 Å². The SMILES string of the molecule is C[C@H](NC(=O)OCc1ccccc1)[C@@H]1C(=O)N(Cc2ccccc2)[C@H]1c1ccccc1. The normalized spacial score (nSPS) is 18.7. The summed E-state index contributed by atoms with van der Waals surface area (Å²) in [5.41, 5.74) is 3.06. The molecule has 1 aliphatic heterocycles. The van der Waals surface area contributed by atoms with Gasteiger partial charge in [-0.2, -0.15) is 0 Å². The van der Waals surface area contributed by atoms with Gasteiger partial charge >= 0.3 is 6.09 Å². The Balaban J connectivity index is 1.44. The standard InChI is InChI=1S/C26H26N2O3/c1-19(27-26(30)31-18-21-13-7-3-8-14-21)23-24(22-15-9-4-10-16-22)28(25(23)29)17-20-11-5-2-6-12-20/h2-16,19,23-24H,17-18H2,1H3,(H,27,30)/t19-,23-,24-/m0/s1. The maximum atomic E-state index is 13.1. The zero-order chi connectivity index (χ0) is 21.6. The van der Waals surface area contributed by atoms with Crippen molar-refractivity contribution < 1.29 is 14.3 Å². The van der Waals surface area contributed by atoms with Gasteiger partial charge in [0.1, 0.15) is 6.61 Å². The second-order valence-corrected chi connectivity index (χ2v) is 7.83. The number of carbonyl (C=O) groups excluding carboxylic acids is 2. The number of alkyl carbamates (subject to hydrolysis) is 1. The summed E-state index contributed by atoms with van der Waals surface area (Å²) in [6.45, 7) is 2.60. The first-order chi connectivity index (χ1) is 15.1. The Labute approximate surface area is 182 Å². The summed E-state index contributed by atoms with van der Waals surface area (Å²) in [5.74, 6) is -0.302. The minimum absolute atomic E-state index is 0.0357. The topological polar surface area (TPSA) is 58.6 Å². The van der Waals surface area contributed by atoms with Gasteiger partial charge in [0.05, 0.1) is 12.0 Å². The number of carbonyl (C=O) groups is 2. The molecule has 5 nitrogen and oxygen atoms in total. The second-order valence-electron chi connectivity index (χ2n) is 7.83. The molecule has 3 aromatic rings. The first kappa shape index (κ1) is 20.7. The Hall–Kier alpha value is -3.60. The summed E-state index contributed by atoms with van der Waals surface area (Å²) in [4.78, 5) is 27.3. The molecule has 1 saturated heterocycles. The van der Waals surface area contributed by atoms with Crippen LogP contribution in [0.15, 0.2) is 91.0 Å². The Morgan fingerprint density at radius 2 is 1.45 bits per heavy atom. The molecule has 1 heterocycles. The molecule has 1 fully saturated rings. The van der Waals surface area contributed by atoms with Crippen LogP contribution in [0.25, 0.3) is 0 Å². The molecule has 0 radical (unpaired) electrons. The third-order valence-corrected chi connectivity index (χ3v) is 5.68. The molecule has 3 atom stereocenters. The summed E-state index contributed by atoms with van der Waals surface area (Å²) in [5, 5.41) is 2.86. The summed E-state index contributed by atoms with van der Waals surface area (Å²) in [6.07, 6.45) is -0.516. The van der Waals surface area contributed by atoms with Crippen LogP contribution >= 0.6 is 0 Å². The molecule has 5 heteroatoms. The molecule has 1 aliphatic rings. The monoisotopic (exact) mass is 414 g/mol. The summed E-state index contributed by atoms with van der Waals surface area (Å²) < 4.78 is 5.34. The van der Waals surface area contributed by atoms with Gasteiger partial charge < -0.3 is 15.0 Å². The van der Waals surface area contributed by atoms with Crippen molar-refractivity contribution in [3.63, 3.8) is 0 Å². The molecule has 31 heavy (non-hydrogen) atoms. The van der Waals surface area contributed by atoms with Crippen LogP contribution in [-0.4, -0.2) is 22.9 Å². The second kappa shape index (κ2) is 9.47. The van der Waals surface area contributed by atoms with E-state index in [1.54, 1.807) is 0 Å². The van der Waals surface area contributed by atoms with Gasteiger partial charge in [-0.3, -0.25) is 4.79 Å². The smallest absolute Gasteiger partial charge is 0.407 e. The molecule has 0 aromatic heterocycles. The molecule has 0 aliphatic carbocycles. The molecule has 4 rings (SSSR count). The molecule has 158 valence electrons. The van der Waals surface area contributed by atoms with E-state index in [-0.39, 0.29) is 30.5 Å². The minimum Gasteiger partial charge on any atom is -0.445 e. The first-order valence-corrected chi connectivity index (χ1v) is 10.5. The fraction of sp³-hybridized carbons (Fsp3) is 0.231. The molecular weight excluding hydrogens is 388 g/mol. The highest BCUT2D eigenvalue weighted by Gasteiger charge is 2.50. The predicted molar refractivity (Wildman–Crippen MR) is 119 cm³/mol. The van der Waals surface area contributed by atoms with Crippen molar-refractivity contribution in [2.24, 2.45) is 5.92 Å². The number of rotatable bonds is 7. The Morgan fingerprint density at radius 1 is 0.903 bits per heavy atom. The van der Waals surface area contributed by atoms with Crippen LogP contribution in [0.1, 0.15) is 29.7 Å².